The van der Waals surface area contributed by atoms with E-state index in [4.69, 9.17) is 22.9 Å². The lowest BCUT2D eigenvalue weighted by Crippen LogP contribution is -2.62. The summed E-state index contributed by atoms with van der Waals surface area (Å²) in [4.78, 5) is 259. The van der Waals surface area contributed by atoms with Gasteiger partial charge in [0.25, 0.3) is 0 Å². The number of carbonyl (C=O) groups excluding carboxylic acids is 15. The lowest BCUT2D eigenvalue weighted by molar-refractivity contribution is -0.144. The summed E-state index contributed by atoms with van der Waals surface area (Å²) in [6, 6.07) is -16.0. The SMILES string of the molecule is CC(C)C[C@H](NC(=O)[C@H](CC(N)=O)NC(=O)[C@H](CCC(=O)O)NC(=O)CNC(=O)[C@@H]1CCCN1C(=O)[C@H](CCC(N)=O)NC(=O)[C@H](Cc1ccc(O)cc1)NC(=O)[C@H](CCC(N)=O)NC(=O)[C@@H]1CCCN1C(=O)[C@H](CCC(=O)O)NC(=O)[C@@H](NC(=O)[C@H](COP(=O)(O)O)NC(=O)[C@@H](N)[C@@H](C)O)[C@@H](C)O)C(=O)O. The minimum atomic E-state index is -5.35. The van der Waals surface area contributed by atoms with Gasteiger partial charge in [0, 0.05) is 45.2 Å². The number of aromatic hydroxyl groups is 1. The normalized spacial score (nSPS) is 17.5. The van der Waals surface area contributed by atoms with E-state index in [1.165, 1.54) is 24.3 Å². The van der Waals surface area contributed by atoms with Crippen LogP contribution in [-0.4, -0.2) is 268 Å². The molecular weight excluding hydrogens is 1450 g/mol. The summed E-state index contributed by atoms with van der Waals surface area (Å²) < 4.78 is 15.9. The highest BCUT2D eigenvalue weighted by atomic mass is 31.2. The number of hydrogen-bond donors (Lipinski definition) is 22. The van der Waals surface area contributed by atoms with Gasteiger partial charge in [0.2, 0.25) is 88.6 Å². The molecule has 2 aliphatic rings. The Morgan fingerprint density at radius 1 is 0.514 bits per heavy atom. The van der Waals surface area contributed by atoms with Crippen molar-refractivity contribution in [2.45, 2.75) is 209 Å². The molecule has 26 N–H and O–H groups in total. The maximum atomic E-state index is 14.7. The smallest absolute Gasteiger partial charge is 0.469 e. The molecule has 1 aromatic carbocycles. The van der Waals surface area contributed by atoms with Crippen LogP contribution in [0.1, 0.15) is 123 Å². The first kappa shape index (κ1) is 90.7. The molecule has 0 aliphatic carbocycles. The van der Waals surface area contributed by atoms with Crippen molar-refractivity contribution in [1.29, 1.82) is 0 Å². The quantitative estimate of drug-likeness (QED) is 0.0270. The highest BCUT2D eigenvalue weighted by Crippen LogP contribution is 2.35. The fraction of sp³-hybridized carbons (Fsp3) is 0.613. The van der Waals surface area contributed by atoms with Gasteiger partial charge >= 0.3 is 25.7 Å². The lowest BCUT2D eigenvalue weighted by Gasteiger charge is -2.31. The highest BCUT2D eigenvalue weighted by molar-refractivity contribution is 7.46. The van der Waals surface area contributed by atoms with Gasteiger partial charge in [-0.15, -0.1) is 0 Å². The van der Waals surface area contributed by atoms with Crippen LogP contribution in [0.15, 0.2) is 24.3 Å². The summed E-state index contributed by atoms with van der Waals surface area (Å²) in [5.41, 5.74) is 22.1. The monoisotopic (exact) mass is 1540 g/mol. The first-order chi connectivity index (χ1) is 49.9. The molecule has 2 aliphatic heterocycles. The Balaban J connectivity index is 1.93. The van der Waals surface area contributed by atoms with Gasteiger partial charge in [-0.2, -0.15) is 0 Å². The minimum Gasteiger partial charge on any atom is -0.508 e. The van der Waals surface area contributed by atoms with E-state index in [-0.39, 0.29) is 62.4 Å². The second-order valence-corrected chi connectivity index (χ2v) is 27.0. The number of aliphatic carboxylic acids is 3. The Morgan fingerprint density at radius 2 is 0.944 bits per heavy atom. The third kappa shape index (κ3) is 31.6. The number of aliphatic hydroxyl groups is 2. The van der Waals surface area contributed by atoms with E-state index in [1.54, 1.807) is 13.8 Å². The molecular formula is C62H95N16O28P. The number of carboxylic acid groups (broad SMARTS) is 3. The van der Waals surface area contributed by atoms with Crippen molar-refractivity contribution in [3.63, 3.8) is 0 Å². The summed E-state index contributed by atoms with van der Waals surface area (Å²) in [5, 5.41) is 81.8. The number of likely N-dealkylation sites (tertiary alicyclic amines) is 2. The number of phosphoric acid groups is 1. The fourth-order valence-corrected chi connectivity index (χ4v) is 11.3. The number of carbonyl (C=O) groups is 18. The van der Waals surface area contributed by atoms with E-state index in [1.807, 2.05) is 10.6 Å². The van der Waals surface area contributed by atoms with E-state index in [9.17, 15) is 131 Å². The number of carboxylic acids is 3. The number of nitrogens with zero attached hydrogens (tertiary/aromatic N) is 2. The zero-order valence-electron chi connectivity index (χ0n) is 58.8. The summed E-state index contributed by atoms with van der Waals surface area (Å²) in [6.45, 7) is 2.72. The Labute approximate surface area is 610 Å². The van der Waals surface area contributed by atoms with Crippen molar-refractivity contribution in [2.75, 3.05) is 26.2 Å². The third-order valence-electron chi connectivity index (χ3n) is 16.6. The molecule has 0 bridgehead atoms. The van der Waals surface area contributed by atoms with Crippen molar-refractivity contribution >= 4 is 114 Å². The molecule has 14 atom stereocenters. The second-order valence-electron chi connectivity index (χ2n) is 25.8. The molecule has 596 valence electrons. The molecule has 0 radical (unpaired) electrons. The van der Waals surface area contributed by atoms with Gasteiger partial charge in [0.1, 0.15) is 78.3 Å². The fourth-order valence-electron chi connectivity index (χ4n) is 11.0. The zero-order chi connectivity index (χ0) is 80.9. The van der Waals surface area contributed by atoms with Crippen LogP contribution in [0.5, 0.6) is 5.75 Å². The molecule has 2 fully saturated rings. The lowest BCUT2D eigenvalue weighted by atomic mass is 10.0. The molecule has 0 saturated carbocycles. The Bertz CT molecular complexity index is 3470. The number of amides is 15. The summed E-state index contributed by atoms with van der Waals surface area (Å²) in [5.74, 6) is -22.2. The molecule has 3 rings (SSSR count). The van der Waals surface area contributed by atoms with Crippen LogP contribution >= 0.6 is 7.82 Å². The minimum absolute atomic E-state index is 0.0499. The van der Waals surface area contributed by atoms with Gasteiger partial charge in [0.05, 0.1) is 31.8 Å². The number of aliphatic hydroxyl groups excluding tert-OH is 2. The number of phenolic OH excluding ortho intramolecular Hbond substituents is 1. The standard InChI is InChI=1S/C62H95N16O28P/c1-28(2)23-39(62(101)102)74-54(93)38(25-45(65)84)73-51(90)33(15-19-47(86)87)68-46(85)26-67-56(95)41-7-5-21-77(41)60(99)35(14-18-44(64)83)70-53(92)37(24-31-9-11-32(81)12-10-31)72-52(91)34(13-17-43(63)82)69-57(96)42-8-6-22-78(42)61(100)36(16-20-48(88)89)71-59(98)50(30(4)80)76-55(94)40(27-106-107(103,104)105)75-58(97)49(66)29(3)79/h9-12,28-30,33-42,49-50,79-81H,5-8,13-27,66H2,1-4H3,(H2,63,82)(H2,64,83)(H2,65,84)(H,67,95)(H,68,85)(H,69,96)(H,70,92)(H,71,98)(H,72,91)(H,73,90)(H,74,93)(H,75,97)(H,76,94)(H,86,87)(H,88,89)(H,101,102)(H2,103,104,105)/t29-,30-,33+,34+,35+,36+,37+,38+,39+,40+,41+,42+,49+,50+/m1/s1. The molecule has 0 unspecified atom stereocenters. The van der Waals surface area contributed by atoms with Crippen LogP contribution in [0.25, 0.3) is 0 Å². The summed E-state index contributed by atoms with van der Waals surface area (Å²) in [6.07, 6.45) is -10.1. The molecule has 2 saturated heterocycles. The maximum absolute atomic E-state index is 14.7. The molecule has 0 aromatic heterocycles. The van der Waals surface area contributed by atoms with Crippen molar-refractivity contribution < 1.29 is 136 Å². The van der Waals surface area contributed by atoms with Crippen LogP contribution in [0.4, 0.5) is 0 Å². The number of hydrogen-bond acceptors (Lipinski definition) is 24. The largest absolute Gasteiger partial charge is 0.508 e. The Hall–Kier alpha value is -10.5. The van der Waals surface area contributed by atoms with E-state index >= 15 is 0 Å². The van der Waals surface area contributed by atoms with Crippen LogP contribution in [0, 0.1) is 5.92 Å². The van der Waals surface area contributed by atoms with Gasteiger partial charge in [-0.25, -0.2) is 9.36 Å². The van der Waals surface area contributed by atoms with Crippen LogP contribution < -0.4 is 76.1 Å². The van der Waals surface area contributed by atoms with E-state index in [0.717, 1.165) is 23.6 Å². The van der Waals surface area contributed by atoms with E-state index in [0.29, 0.717) is 0 Å². The number of phenols is 1. The van der Waals surface area contributed by atoms with E-state index in [2.05, 4.69) is 47.1 Å². The number of nitrogens with one attached hydrogen (secondary N) is 10. The van der Waals surface area contributed by atoms with E-state index < -0.39 is 276 Å². The first-order valence-electron chi connectivity index (χ1n) is 33.6. The molecule has 107 heavy (non-hydrogen) atoms. The van der Waals surface area contributed by atoms with Crippen molar-refractivity contribution in [1.82, 2.24) is 63.0 Å². The zero-order valence-corrected chi connectivity index (χ0v) is 59.7. The topological polar surface area (TPSA) is 726 Å². The Morgan fingerprint density at radius 3 is 1.42 bits per heavy atom. The maximum Gasteiger partial charge on any atom is 0.469 e. The van der Waals surface area contributed by atoms with Crippen molar-refractivity contribution in [3.8, 4) is 5.75 Å². The summed E-state index contributed by atoms with van der Waals surface area (Å²) in [7, 11) is -5.35. The van der Waals surface area contributed by atoms with Gasteiger partial charge < -0.3 is 126 Å². The predicted octanol–water partition coefficient (Wildman–Crippen LogP) is -9.14. The number of primary amides is 3. The molecule has 44 nitrogen and oxygen atoms in total. The molecule has 2 heterocycles. The number of benzene rings is 1. The van der Waals surface area contributed by atoms with Gasteiger partial charge in [-0.05, 0) is 95.2 Å². The van der Waals surface area contributed by atoms with Crippen LogP contribution in [0.3, 0.4) is 0 Å². The van der Waals surface area contributed by atoms with Crippen molar-refractivity contribution in [3.05, 3.63) is 29.8 Å². The number of rotatable bonds is 46. The van der Waals surface area contributed by atoms with Crippen LogP contribution in [-0.2, 0) is 102 Å². The van der Waals surface area contributed by atoms with Gasteiger partial charge in [-0.1, -0.05) is 26.0 Å². The third-order valence-corrected chi connectivity index (χ3v) is 17.0. The molecule has 0 spiro atoms. The van der Waals surface area contributed by atoms with Crippen molar-refractivity contribution in [2.24, 2.45) is 28.9 Å². The summed E-state index contributed by atoms with van der Waals surface area (Å²) >= 11 is 0. The number of phosphoric ester groups is 1. The van der Waals surface area contributed by atoms with Gasteiger partial charge in [0.15, 0.2) is 0 Å². The average Bonchev–Trinajstić information content (AvgIpc) is 1.73. The van der Waals surface area contributed by atoms with Crippen LogP contribution in [0.2, 0.25) is 0 Å². The molecule has 45 heteroatoms. The Kier molecular flexibility index (Phi) is 36.6. The second kappa shape index (κ2) is 43.2. The molecule has 1 aromatic rings. The van der Waals surface area contributed by atoms with Gasteiger partial charge in [-0.3, -0.25) is 86.0 Å². The number of nitrogens with two attached hydrogens (primary N) is 4. The highest BCUT2D eigenvalue weighted by Gasteiger charge is 2.43. The first-order valence-corrected chi connectivity index (χ1v) is 35.1. The molecule has 15 amide bonds. The predicted molar refractivity (Wildman–Crippen MR) is 362 cm³/mol. The average molecular weight is 1540 g/mol.